The van der Waals surface area contributed by atoms with Crippen LogP contribution in [0.3, 0.4) is 0 Å². The third-order valence-electron chi connectivity index (χ3n) is 4.93. The van der Waals surface area contributed by atoms with E-state index in [2.05, 4.69) is 41.9 Å². The van der Waals surface area contributed by atoms with Crippen LogP contribution < -0.4 is 14.8 Å². The molecule has 164 valence electrons. The van der Waals surface area contributed by atoms with Crippen molar-refractivity contribution in [1.82, 2.24) is 10.3 Å². The van der Waals surface area contributed by atoms with Crippen LogP contribution in [0.4, 0.5) is 0 Å². The summed E-state index contributed by atoms with van der Waals surface area (Å²) in [5.41, 5.74) is 4.42. The van der Waals surface area contributed by atoms with Crippen molar-refractivity contribution in [2.45, 2.75) is 37.8 Å². The maximum Gasteiger partial charge on any atom is 0.233 e. The Hall–Kier alpha value is -2.51. The number of amides is 1. The van der Waals surface area contributed by atoms with Crippen LogP contribution in [0, 0.1) is 0 Å². The molecule has 1 heterocycles. The molecule has 5 nitrogen and oxygen atoms in total. The molecule has 0 spiro atoms. The number of hydrogen-bond acceptors (Lipinski definition) is 6. The average molecular weight is 457 g/mol. The van der Waals surface area contributed by atoms with Gasteiger partial charge in [-0.3, -0.25) is 4.79 Å². The maximum atomic E-state index is 12.5. The Bertz CT molecular complexity index is 1000. The van der Waals surface area contributed by atoms with Crippen LogP contribution in [-0.4, -0.2) is 30.4 Å². The van der Waals surface area contributed by atoms with Gasteiger partial charge in [-0.25, -0.2) is 4.98 Å². The first kappa shape index (κ1) is 23.2. The molecule has 0 saturated heterocycles. The van der Waals surface area contributed by atoms with Gasteiger partial charge in [0.1, 0.15) is 5.01 Å². The summed E-state index contributed by atoms with van der Waals surface area (Å²) in [4.78, 5) is 17.2. The second kappa shape index (κ2) is 11.2. The van der Waals surface area contributed by atoms with Gasteiger partial charge in [-0.15, -0.1) is 23.1 Å². The molecule has 0 bridgehead atoms. The first-order chi connectivity index (χ1) is 15.0. The Morgan fingerprint density at radius 3 is 2.48 bits per heavy atom. The quantitative estimate of drug-likeness (QED) is 0.447. The van der Waals surface area contributed by atoms with E-state index >= 15 is 0 Å². The van der Waals surface area contributed by atoms with E-state index in [1.807, 2.05) is 25.1 Å². The highest BCUT2D eigenvalue weighted by atomic mass is 32.2. The molecule has 3 aromatic rings. The number of carbonyl (C=O) groups is 1. The lowest BCUT2D eigenvalue weighted by molar-refractivity contribution is -0.120. The highest BCUT2D eigenvalue weighted by Crippen LogP contribution is 2.28. The highest BCUT2D eigenvalue weighted by molar-refractivity contribution is 7.99. The van der Waals surface area contributed by atoms with Gasteiger partial charge < -0.3 is 14.8 Å². The highest BCUT2D eigenvalue weighted by Gasteiger charge is 2.15. The Labute approximate surface area is 192 Å². The average Bonchev–Trinajstić information content (AvgIpc) is 3.29. The van der Waals surface area contributed by atoms with Gasteiger partial charge in [0.15, 0.2) is 11.5 Å². The maximum absolute atomic E-state index is 12.5. The van der Waals surface area contributed by atoms with Gasteiger partial charge in [0.05, 0.1) is 25.2 Å². The standard InChI is InChI=1S/C24H28N2O3S2/c1-5-17-6-9-19(10-7-17)24-26-20(15-31-24)14-30-16(2)23(27)25-13-18-8-11-21(28-3)22(12-18)29-4/h6-12,15-16H,5,13-14H2,1-4H3,(H,25,27)/t16-/m0/s1. The van der Waals surface area contributed by atoms with E-state index in [1.165, 1.54) is 5.56 Å². The molecule has 0 aliphatic rings. The van der Waals surface area contributed by atoms with Crippen LogP contribution in [-0.2, 0) is 23.5 Å². The van der Waals surface area contributed by atoms with Crippen molar-refractivity contribution in [2.75, 3.05) is 14.2 Å². The van der Waals surface area contributed by atoms with Crippen molar-refractivity contribution >= 4 is 29.0 Å². The molecule has 0 saturated carbocycles. The molecule has 0 aliphatic heterocycles. The summed E-state index contributed by atoms with van der Waals surface area (Å²) in [6.07, 6.45) is 1.03. The zero-order valence-electron chi connectivity index (χ0n) is 18.3. The second-order valence-corrected chi connectivity index (χ2v) is 9.24. The molecular weight excluding hydrogens is 428 g/mol. The minimum absolute atomic E-state index is 0.00499. The number of hydrogen-bond donors (Lipinski definition) is 1. The van der Waals surface area contributed by atoms with E-state index in [9.17, 15) is 4.79 Å². The van der Waals surface area contributed by atoms with Crippen LogP contribution in [0.1, 0.15) is 30.7 Å². The summed E-state index contributed by atoms with van der Waals surface area (Å²) in [6, 6.07) is 14.2. The number of ether oxygens (including phenoxy) is 2. The summed E-state index contributed by atoms with van der Waals surface area (Å²) >= 11 is 3.23. The zero-order valence-corrected chi connectivity index (χ0v) is 19.9. The van der Waals surface area contributed by atoms with Crippen molar-refractivity contribution < 1.29 is 14.3 Å². The fourth-order valence-corrected chi connectivity index (χ4v) is 4.73. The fraction of sp³-hybridized carbons (Fsp3) is 0.333. The van der Waals surface area contributed by atoms with Crippen molar-refractivity contribution in [3.8, 4) is 22.1 Å². The number of aromatic nitrogens is 1. The molecule has 3 rings (SSSR count). The van der Waals surface area contributed by atoms with Crippen molar-refractivity contribution in [1.29, 1.82) is 0 Å². The van der Waals surface area contributed by atoms with Gasteiger partial charge in [0.25, 0.3) is 0 Å². The monoisotopic (exact) mass is 456 g/mol. The van der Waals surface area contributed by atoms with Crippen LogP contribution in [0.25, 0.3) is 10.6 Å². The molecular formula is C24H28N2O3S2. The van der Waals surface area contributed by atoms with Crippen molar-refractivity contribution in [3.05, 3.63) is 64.7 Å². The van der Waals surface area contributed by atoms with Crippen LogP contribution in [0.2, 0.25) is 0 Å². The summed E-state index contributed by atoms with van der Waals surface area (Å²) in [6.45, 7) is 4.52. The number of nitrogens with one attached hydrogen (secondary N) is 1. The fourth-order valence-electron chi connectivity index (χ4n) is 3.00. The predicted molar refractivity (Wildman–Crippen MR) is 129 cm³/mol. The largest absolute Gasteiger partial charge is 0.493 e. The van der Waals surface area contributed by atoms with E-state index < -0.39 is 0 Å². The van der Waals surface area contributed by atoms with Crippen LogP contribution >= 0.6 is 23.1 Å². The Kier molecular flexibility index (Phi) is 8.37. The number of nitrogens with zero attached hydrogens (tertiary/aromatic N) is 1. The summed E-state index contributed by atoms with van der Waals surface area (Å²) in [7, 11) is 3.20. The number of benzene rings is 2. The molecule has 2 aromatic carbocycles. The number of carbonyl (C=O) groups excluding carboxylic acids is 1. The van der Waals surface area contributed by atoms with E-state index in [0.717, 1.165) is 28.2 Å². The zero-order chi connectivity index (χ0) is 22.2. The van der Waals surface area contributed by atoms with Gasteiger partial charge in [-0.1, -0.05) is 37.3 Å². The minimum Gasteiger partial charge on any atom is -0.493 e. The van der Waals surface area contributed by atoms with Crippen LogP contribution in [0.5, 0.6) is 11.5 Å². The van der Waals surface area contributed by atoms with E-state index in [-0.39, 0.29) is 11.2 Å². The lowest BCUT2D eigenvalue weighted by Crippen LogP contribution is -2.30. The minimum atomic E-state index is -0.172. The number of thioether (sulfide) groups is 1. The third kappa shape index (κ3) is 6.24. The number of thiazole rings is 1. The molecule has 0 aliphatic carbocycles. The Balaban J connectivity index is 1.49. The van der Waals surface area contributed by atoms with Gasteiger partial charge in [0, 0.05) is 23.2 Å². The SMILES string of the molecule is CCc1ccc(-c2nc(CS[C@@H](C)C(=O)NCc3ccc(OC)c(OC)c3)cs2)cc1. The molecule has 1 N–H and O–H groups in total. The predicted octanol–water partition coefficient (Wildman–Crippen LogP) is 5.33. The number of methoxy groups -OCH3 is 2. The molecule has 7 heteroatoms. The molecule has 0 fully saturated rings. The van der Waals surface area contributed by atoms with Gasteiger partial charge >= 0.3 is 0 Å². The van der Waals surface area contributed by atoms with Crippen molar-refractivity contribution in [2.24, 2.45) is 0 Å². The van der Waals surface area contributed by atoms with Gasteiger partial charge in [-0.2, -0.15) is 0 Å². The number of rotatable bonds is 10. The smallest absolute Gasteiger partial charge is 0.233 e. The lowest BCUT2D eigenvalue weighted by atomic mass is 10.1. The number of aryl methyl sites for hydroxylation is 1. The summed E-state index contributed by atoms with van der Waals surface area (Å²) < 4.78 is 10.6. The molecule has 1 aromatic heterocycles. The van der Waals surface area contributed by atoms with E-state index in [1.54, 1.807) is 37.3 Å². The summed E-state index contributed by atoms with van der Waals surface area (Å²) in [5.74, 6) is 2.03. The topological polar surface area (TPSA) is 60.5 Å². The molecule has 31 heavy (non-hydrogen) atoms. The molecule has 1 atom stereocenters. The van der Waals surface area contributed by atoms with Crippen molar-refractivity contribution in [3.63, 3.8) is 0 Å². The Morgan fingerprint density at radius 2 is 1.81 bits per heavy atom. The van der Waals surface area contributed by atoms with E-state index in [0.29, 0.717) is 23.8 Å². The van der Waals surface area contributed by atoms with E-state index in [4.69, 9.17) is 14.5 Å². The van der Waals surface area contributed by atoms with Gasteiger partial charge in [0.2, 0.25) is 5.91 Å². The molecule has 0 radical (unpaired) electrons. The third-order valence-corrected chi connectivity index (χ3v) is 7.04. The first-order valence-corrected chi connectivity index (χ1v) is 12.1. The first-order valence-electron chi connectivity index (χ1n) is 10.2. The normalized spacial score (nSPS) is 11.7. The Morgan fingerprint density at radius 1 is 1.10 bits per heavy atom. The second-order valence-electron chi connectivity index (χ2n) is 7.05. The summed E-state index contributed by atoms with van der Waals surface area (Å²) in [5, 5.41) is 5.91. The van der Waals surface area contributed by atoms with Crippen LogP contribution in [0.15, 0.2) is 47.8 Å². The lowest BCUT2D eigenvalue weighted by Gasteiger charge is -2.13. The molecule has 0 unspecified atom stereocenters. The van der Waals surface area contributed by atoms with Gasteiger partial charge in [-0.05, 0) is 36.6 Å². The molecule has 1 amide bonds.